The second-order valence-electron chi connectivity index (χ2n) is 5.11. The molecule has 2 aromatic rings. The van der Waals surface area contributed by atoms with Gasteiger partial charge in [-0.1, -0.05) is 6.07 Å². The molecule has 0 aliphatic heterocycles. The Bertz CT molecular complexity index is 820. The number of hydrogen-bond acceptors (Lipinski definition) is 4. The molecule has 6 nitrogen and oxygen atoms in total. The lowest BCUT2D eigenvalue weighted by Crippen LogP contribution is -2.23. The van der Waals surface area contributed by atoms with Crippen LogP contribution in [0.25, 0.3) is 0 Å². The van der Waals surface area contributed by atoms with Crippen LogP contribution in [0.5, 0.6) is 5.75 Å². The number of sulfonamides is 1. The number of halogens is 1. The molecule has 0 fully saturated rings. The Hall–Kier alpha value is -1.65. The molecule has 2 aromatic carbocycles. The molecule has 0 saturated carbocycles. The summed E-state index contributed by atoms with van der Waals surface area (Å²) >= 11 is 2.18. The highest BCUT2D eigenvalue weighted by molar-refractivity contribution is 14.1. The molecular weight excluding hydrogens is 443 g/mol. The number of ether oxygens (including phenoxy) is 1. The third kappa shape index (κ3) is 4.92. The van der Waals surface area contributed by atoms with Gasteiger partial charge in [-0.05, 0) is 65.1 Å². The number of carbonyl (C=O) groups excluding carboxylic acids is 1. The number of amides is 1. The number of hydrogen-bond donors (Lipinski definition) is 1. The largest absolute Gasteiger partial charge is 0.484 e. The first-order valence-electron chi connectivity index (χ1n) is 7.00. The van der Waals surface area contributed by atoms with Crippen LogP contribution in [0, 0.1) is 3.57 Å². The smallest absolute Gasteiger partial charge is 0.262 e. The molecule has 2 rings (SSSR count). The van der Waals surface area contributed by atoms with Gasteiger partial charge in [-0.25, -0.2) is 12.7 Å². The average Bonchev–Trinajstić information content (AvgIpc) is 2.54. The van der Waals surface area contributed by atoms with Gasteiger partial charge in [0, 0.05) is 23.4 Å². The molecule has 0 atom stereocenters. The molecule has 0 saturated heterocycles. The van der Waals surface area contributed by atoms with Crippen molar-refractivity contribution in [2.24, 2.45) is 0 Å². The second kappa shape index (κ2) is 7.95. The van der Waals surface area contributed by atoms with Gasteiger partial charge >= 0.3 is 0 Å². The van der Waals surface area contributed by atoms with Crippen molar-refractivity contribution in [2.45, 2.75) is 4.90 Å². The van der Waals surface area contributed by atoms with E-state index in [1.807, 2.05) is 12.1 Å². The van der Waals surface area contributed by atoms with E-state index in [-0.39, 0.29) is 17.4 Å². The van der Waals surface area contributed by atoms with Crippen LogP contribution in [-0.4, -0.2) is 39.3 Å². The lowest BCUT2D eigenvalue weighted by molar-refractivity contribution is -0.118. The van der Waals surface area contributed by atoms with E-state index >= 15 is 0 Å². The summed E-state index contributed by atoms with van der Waals surface area (Å²) in [5.41, 5.74) is 0.397. The average molecular weight is 460 g/mol. The number of rotatable bonds is 6. The van der Waals surface area contributed by atoms with Gasteiger partial charge in [-0.15, -0.1) is 0 Å². The molecule has 0 aliphatic carbocycles. The van der Waals surface area contributed by atoms with Crippen LogP contribution in [0.4, 0.5) is 5.69 Å². The maximum Gasteiger partial charge on any atom is 0.262 e. The minimum Gasteiger partial charge on any atom is -0.484 e. The van der Waals surface area contributed by atoms with E-state index < -0.39 is 10.0 Å². The summed E-state index contributed by atoms with van der Waals surface area (Å²) in [5.74, 6) is 0.224. The lowest BCUT2D eigenvalue weighted by atomic mass is 10.3. The summed E-state index contributed by atoms with van der Waals surface area (Å²) in [5, 5.41) is 2.63. The van der Waals surface area contributed by atoms with E-state index in [1.54, 1.807) is 24.3 Å². The van der Waals surface area contributed by atoms with Gasteiger partial charge in [-0.2, -0.15) is 0 Å². The van der Waals surface area contributed by atoms with Gasteiger partial charge in [-0.3, -0.25) is 4.79 Å². The number of nitrogens with zero attached hydrogens (tertiary/aromatic N) is 1. The molecule has 128 valence electrons. The van der Waals surface area contributed by atoms with Crippen molar-refractivity contribution < 1.29 is 17.9 Å². The first kappa shape index (κ1) is 18.7. The summed E-state index contributed by atoms with van der Waals surface area (Å²) < 4.78 is 31.8. The second-order valence-corrected chi connectivity index (χ2v) is 8.50. The summed E-state index contributed by atoms with van der Waals surface area (Å²) in [4.78, 5) is 12.1. The normalized spacial score (nSPS) is 11.3. The summed E-state index contributed by atoms with van der Waals surface area (Å²) in [6.45, 7) is -0.161. The fourth-order valence-electron chi connectivity index (χ4n) is 1.82. The maximum atomic E-state index is 12.1. The van der Waals surface area contributed by atoms with Crippen LogP contribution in [0.1, 0.15) is 0 Å². The SMILES string of the molecule is CN(C)S(=O)(=O)c1cccc(NC(=O)COc2ccc(I)cc2)c1. The summed E-state index contributed by atoms with van der Waals surface area (Å²) in [6, 6.07) is 13.4. The van der Waals surface area contributed by atoms with Gasteiger partial charge in [0.1, 0.15) is 5.75 Å². The minimum absolute atomic E-state index is 0.115. The van der Waals surface area contributed by atoms with Crippen LogP contribution in [-0.2, 0) is 14.8 Å². The van der Waals surface area contributed by atoms with Crippen LogP contribution < -0.4 is 10.1 Å². The zero-order valence-corrected chi connectivity index (χ0v) is 16.2. The van der Waals surface area contributed by atoms with E-state index in [0.29, 0.717) is 11.4 Å². The van der Waals surface area contributed by atoms with Crippen molar-refractivity contribution in [2.75, 3.05) is 26.0 Å². The molecule has 1 N–H and O–H groups in total. The molecule has 24 heavy (non-hydrogen) atoms. The van der Waals surface area contributed by atoms with Crippen molar-refractivity contribution in [3.05, 3.63) is 52.1 Å². The lowest BCUT2D eigenvalue weighted by Gasteiger charge is -2.13. The first-order chi connectivity index (χ1) is 11.3. The Labute approximate surface area is 155 Å². The van der Waals surface area contributed by atoms with Gasteiger partial charge in [0.15, 0.2) is 6.61 Å². The maximum absolute atomic E-state index is 12.1. The van der Waals surface area contributed by atoms with E-state index in [9.17, 15) is 13.2 Å². The van der Waals surface area contributed by atoms with Gasteiger partial charge < -0.3 is 10.1 Å². The molecule has 0 aromatic heterocycles. The number of nitrogens with one attached hydrogen (secondary N) is 1. The van der Waals surface area contributed by atoms with Crippen LogP contribution in [0.3, 0.4) is 0 Å². The van der Waals surface area contributed by atoms with Crippen LogP contribution in [0.15, 0.2) is 53.4 Å². The molecular formula is C16H17IN2O4S. The zero-order chi connectivity index (χ0) is 17.7. The summed E-state index contributed by atoms with van der Waals surface area (Å²) in [6.07, 6.45) is 0. The van der Waals surface area contributed by atoms with Crippen molar-refractivity contribution in [1.82, 2.24) is 4.31 Å². The fraction of sp³-hybridized carbons (Fsp3) is 0.188. The Morgan fingerprint density at radius 2 is 1.83 bits per heavy atom. The van der Waals surface area contributed by atoms with Crippen molar-refractivity contribution in [1.29, 1.82) is 0 Å². The van der Waals surface area contributed by atoms with E-state index in [1.165, 1.54) is 26.2 Å². The molecule has 0 unspecified atom stereocenters. The third-order valence-electron chi connectivity index (χ3n) is 3.08. The van der Waals surface area contributed by atoms with Gasteiger partial charge in [0.25, 0.3) is 5.91 Å². The number of benzene rings is 2. The summed E-state index contributed by atoms with van der Waals surface area (Å²) in [7, 11) is -0.637. The monoisotopic (exact) mass is 460 g/mol. The highest BCUT2D eigenvalue weighted by atomic mass is 127. The van der Waals surface area contributed by atoms with Gasteiger partial charge in [0.2, 0.25) is 10.0 Å². The first-order valence-corrected chi connectivity index (χ1v) is 9.52. The molecule has 8 heteroatoms. The number of carbonyl (C=O) groups is 1. The standard InChI is InChI=1S/C16H17IN2O4S/c1-19(2)24(21,22)15-5-3-4-13(10-15)18-16(20)11-23-14-8-6-12(17)7-9-14/h3-10H,11H2,1-2H3,(H,18,20). The third-order valence-corrected chi connectivity index (χ3v) is 5.61. The van der Waals surface area contributed by atoms with E-state index in [2.05, 4.69) is 27.9 Å². The Morgan fingerprint density at radius 1 is 1.17 bits per heavy atom. The van der Waals surface area contributed by atoms with Crippen LogP contribution in [0.2, 0.25) is 0 Å². The highest BCUT2D eigenvalue weighted by Crippen LogP contribution is 2.18. The molecule has 0 bridgehead atoms. The zero-order valence-electron chi connectivity index (χ0n) is 13.2. The van der Waals surface area contributed by atoms with E-state index in [4.69, 9.17) is 4.74 Å². The molecule has 0 heterocycles. The molecule has 1 amide bonds. The van der Waals surface area contributed by atoms with Crippen molar-refractivity contribution in [3.8, 4) is 5.75 Å². The van der Waals surface area contributed by atoms with Gasteiger partial charge in [0.05, 0.1) is 4.90 Å². The quantitative estimate of drug-likeness (QED) is 0.673. The van der Waals surface area contributed by atoms with Crippen LogP contribution >= 0.6 is 22.6 Å². The molecule has 0 radical (unpaired) electrons. The topological polar surface area (TPSA) is 75.7 Å². The predicted molar refractivity (Wildman–Crippen MR) is 101 cm³/mol. The molecule has 0 spiro atoms. The number of anilines is 1. The van der Waals surface area contributed by atoms with Crippen molar-refractivity contribution in [3.63, 3.8) is 0 Å². The Morgan fingerprint density at radius 3 is 2.46 bits per heavy atom. The van der Waals surface area contributed by atoms with Crippen molar-refractivity contribution >= 4 is 44.2 Å². The Kier molecular flexibility index (Phi) is 6.19. The Balaban J connectivity index is 2.00. The predicted octanol–water partition coefficient (Wildman–Crippen LogP) is 2.56. The fourth-order valence-corrected chi connectivity index (χ4v) is 3.13. The minimum atomic E-state index is -3.54. The molecule has 0 aliphatic rings. The van der Waals surface area contributed by atoms with E-state index in [0.717, 1.165) is 7.88 Å². The highest BCUT2D eigenvalue weighted by Gasteiger charge is 2.17.